The van der Waals surface area contributed by atoms with Crippen molar-refractivity contribution >= 4 is 23.6 Å². The lowest BCUT2D eigenvalue weighted by Crippen LogP contribution is -2.54. The van der Waals surface area contributed by atoms with Crippen LogP contribution in [0.2, 0.25) is 0 Å². The van der Waals surface area contributed by atoms with E-state index in [1.807, 2.05) is 0 Å². The van der Waals surface area contributed by atoms with E-state index in [-0.39, 0.29) is 0 Å². The lowest BCUT2D eigenvalue weighted by molar-refractivity contribution is -0.143. The Morgan fingerprint density at radius 3 is 2.52 bits per heavy atom. The molecule has 114 valence electrons. The lowest BCUT2D eigenvalue weighted by atomic mass is 9.98. The first-order valence-electron chi connectivity index (χ1n) is 6.38. The maximum atomic E-state index is 12.3. The number of hydrogen-bond acceptors (Lipinski definition) is 5. The van der Waals surface area contributed by atoms with Crippen LogP contribution in [-0.2, 0) is 4.79 Å². The normalized spacial score (nSPS) is 20.9. The van der Waals surface area contributed by atoms with Crippen molar-refractivity contribution in [2.24, 2.45) is 0 Å². The fraction of sp³-hybridized carbons (Fsp3) is 0.429. The molecule has 0 bridgehead atoms. The predicted molar refractivity (Wildman–Crippen MR) is 79.3 cm³/mol. The second kappa shape index (κ2) is 6.26. The van der Waals surface area contributed by atoms with Crippen molar-refractivity contribution in [1.29, 1.82) is 0 Å². The molecule has 0 radical (unpaired) electrons. The highest BCUT2D eigenvalue weighted by Crippen LogP contribution is 2.30. The highest BCUT2D eigenvalue weighted by molar-refractivity contribution is 7.99. The highest BCUT2D eigenvalue weighted by Gasteiger charge is 2.43. The van der Waals surface area contributed by atoms with Gasteiger partial charge in [-0.1, -0.05) is 0 Å². The monoisotopic (exact) mass is 311 g/mol. The average molecular weight is 311 g/mol. The van der Waals surface area contributed by atoms with Crippen LogP contribution in [0.3, 0.4) is 0 Å². The summed E-state index contributed by atoms with van der Waals surface area (Å²) >= 11 is 1.52. The molecule has 1 atom stereocenters. The molecule has 1 aromatic carbocycles. The van der Waals surface area contributed by atoms with Gasteiger partial charge in [-0.05, 0) is 30.4 Å². The van der Waals surface area contributed by atoms with Crippen LogP contribution in [0.15, 0.2) is 18.2 Å². The van der Waals surface area contributed by atoms with Gasteiger partial charge < -0.3 is 19.9 Å². The molecule has 21 heavy (non-hydrogen) atoms. The van der Waals surface area contributed by atoms with E-state index in [0.29, 0.717) is 29.2 Å². The predicted octanol–water partition coefficient (Wildman–Crippen LogP) is 1.39. The van der Waals surface area contributed by atoms with Crippen molar-refractivity contribution in [3.05, 3.63) is 23.8 Å². The van der Waals surface area contributed by atoms with E-state index in [1.54, 1.807) is 12.1 Å². The fourth-order valence-corrected chi connectivity index (χ4v) is 3.48. The number of carbonyl (C=O) groups is 2. The molecule has 1 aliphatic heterocycles. The van der Waals surface area contributed by atoms with Crippen LogP contribution in [0.4, 0.5) is 0 Å². The van der Waals surface area contributed by atoms with Crippen LogP contribution in [-0.4, -0.2) is 48.2 Å². The number of nitrogens with one attached hydrogen (secondary N) is 1. The fourth-order valence-electron chi connectivity index (χ4n) is 2.15. The van der Waals surface area contributed by atoms with Crippen LogP contribution in [0.25, 0.3) is 0 Å². The molecule has 1 fully saturated rings. The lowest BCUT2D eigenvalue weighted by Gasteiger charge is -2.24. The second-order valence-corrected chi connectivity index (χ2v) is 5.82. The largest absolute Gasteiger partial charge is 0.493 e. The SMILES string of the molecule is COc1ccc(C(=O)N[C@@]2(C(=O)O)CCSC2)cc1OC. The van der Waals surface area contributed by atoms with Gasteiger partial charge in [-0.3, -0.25) is 4.79 Å². The van der Waals surface area contributed by atoms with E-state index < -0.39 is 17.4 Å². The summed E-state index contributed by atoms with van der Waals surface area (Å²) in [5.41, 5.74) is -0.847. The number of carboxylic acids is 1. The van der Waals surface area contributed by atoms with Gasteiger partial charge in [-0.25, -0.2) is 4.79 Å². The molecule has 0 saturated carbocycles. The molecule has 1 saturated heterocycles. The molecule has 7 heteroatoms. The summed E-state index contributed by atoms with van der Waals surface area (Å²) in [4.78, 5) is 23.7. The maximum Gasteiger partial charge on any atom is 0.330 e. The molecule has 0 aromatic heterocycles. The Morgan fingerprint density at radius 2 is 2.00 bits per heavy atom. The van der Waals surface area contributed by atoms with Crippen molar-refractivity contribution in [3.63, 3.8) is 0 Å². The van der Waals surface area contributed by atoms with Crippen LogP contribution < -0.4 is 14.8 Å². The van der Waals surface area contributed by atoms with Crippen LogP contribution in [0, 0.1) is 0 Å². The van der Waals surface area contributed by atoms with E-state index in [1.165, 1.54) is 32.0 Å². The molecule has 1 heterocycles. The van der Waals surface area contributed by atoms with Gasteiger partial charge in [0.2, 0.25) is 0 Å². The molecule has 2 rings (SSSR count). The van der Waals surface area contributed by atoms with Gasteiger partial charge in [-0.15, -0.1) is 0 Å². The van der Waals surface area contributed by atoms with Crippen LogP contribution in [0.5, 0.6) is 11.5 Å². The number of hydrogen-bond donors (Lipinski definition) is 2. The number of aliphatic carboxylic acids is 1. The Labute approximate surface area is 126 Å². The molecular weight excluding hydrogens is 294 g/mol. The minimum Gasteiger partial charge on any atom is -0.493 e. The number of ether oxygens (including phenoxy) is 2. The third-order valence-corrected chi connectivity index (χ3v) is 4.62. The smallest absolute Gasteiger partial charge is 0.330 e. The van der Waals surface area contributed by atoms with Crippen molar-refractivity contribution in [2.45, 2.75) is 12.0 Å². The molecule has 1 aliphatic rings. The zero-order valence-electron chi connectivity index (χ0n) is 11.8. The third kappa shape index (κ3) is 3.07. The molecule has 0 spiro atoms. The average Bonchev–Trinajstić information content (AvgIpc) is 2.96. The first-order chi connectivity index (χ1) is 10.0. The standard InChI is InChI=1S/C14H17NO5S/c1-19-10-4-3-9(7-11(10)20-2)12(16)15-14(13(17)18)5-6-21-8-14/h3-4,7H,5-6,8H2,1-2H3,(H,15,16)(H,17,18)/t14-/m0/s1. The van der Waals surface area contributed by atoms with E-state index in [0.717, 1.165) is 5.75 Å². The summed E-state index contributed by atoms with van der Waals surface area (Å²) in [6.45, 7) is 0. The molecule has 0 unspecified atom stereocenters. The number of benzene rings is 1. The number of carboxylic acid groups (broad SMARTS) is 1. The third-order valence-electron chi connectivity index (χ3n) is 3.43. The number of rotatable bonds is 5. The maximum absolute atomic E-state index is 12.3. The number of methoxy groups -OCH3 is 2. The zero-order valence-corrected chi connectivity index (χ0v) is 12.7. The molecular formula is C14H17NO5S. The number of carbonyl (C=O) groups excluding carboxylic acids is 1. The first-order valence-corrected chi connectivity index (χ1v) is 7.53. The highest BCUT2D eigenvalue weighted by atomic mass is 32.2. The van der Waals surface area contributed by atoms with E-state index >= 15 is 0 Å². The minimum absolute atomic E-state index is 0.338. The van der Waals surface area contributed by atoms with Gasteiger partial charge in [0.1, 0.15) is 5.54 Å². The number of thioether (sulfide) groups is 1. The van der Waals surface area contributed by atoms with E-state index in [9.17, 15) is 14.7 Å². The quantitative estimate of drug-likeness (QED) is 0.855. The summed E-state index contributed by atoms with van der Waals surface area (Å²) in [6, 6.07) is 4.73. The van der Waals surface area contributed by atoms with Gasteiger partial charge in [-0.2, -0.15) is 11.8 Å². The minimum atomic E-state index is -1.19. The van der Waals surface area contributed by atoms with Gasteiger partial charge in [0.25, 0.3) is 5.91 Å². The summed E-state index contributed by atoms with van der Waals surface area (Å²) < 4.78 is 10.3. The Morgan fingerprint density at radius 1 is 1.29 bits per heavy atom. The van der Waals surface area contributed by atoms with Crippen LogP contribution >= 0.6 is 11.8 Å². The zero-order chi connectivity index (χ0) is 15.5. The summed E-state index contributed by atoms with van der Waals surface area (Å²) in [7, 11) is 2.98. The summed E-state index contributed by atoms with van der Waals surface area (Å²) in [5.74, 6) is 0.607. The Hall–Kier alpha value is -1.89. The van der Waals surface area contributed by atoms with Crippen molar-refractivity contribution in [3.8, 4) is 11.5 Å². The van der Waals surface area contributed by atoms with E-state index in [2.05, 4.69) is 5.32 Å². The Bertz CT molecular complexity index is 554. The number of amides is 1. The van der Waals surface area contributed by atoms with E-state index in [4.69, 9.17) is 9.47 Å². The van der Waals surface area contributed by atoms with Gasteiger partial charge in [0.05, 0.1) is 14.2 Å². The summed E-state index contributed by atoms with van der Waals surface area (Å²) in [6.07, 6.45) is 0.423. The Kier molecular flexibility index (Phi) is 4.62. The van der Waals surface area contributed by atoms with Gasteiger partial charge in [0.15, 0.2) is 11.5 Å². The molecule has 6 nitrogen and oxygen atoms in total. The second-order valence-electron chi connectivity index (χ2n) is 4.71. The van der Waals surface area contributed by atoms with Gasteiger partial charge >= 0.3 is 5.97 Å². The molecule has 1 aromatic rings. The topological polar surface area (TPSA) is 84.9 Å². The van der Waals surface area contributed by atoms with Crippen molar-refractivity contribution in [2.75, 3.05) is 25.7 Å². The van der Waals surface area contributed by atoms with Gasteiger partial charge in [0, 0.05) is 11.3 Å². The molecule has 0 aliphatic carbocycles. The molecule has 2 N–H and O–H groups in total. The van der Waals surface area contributed by atoms with Crippen LogP contribution in [0.1, 0.15) is 16.8 Å². The van der Waals surface area contributed by atoms with Crippen molar-refractivity contribution < 1.29 is 24.2 Å². The summed E-state index contributed by atoms with van der Waals surface area (Å²) in [5, 5.41) is 12.0. The molecule has 1 amide bonds. The van der Waals surface area contributed by atoms with Crippen molar-refractivity contribution in [1.82, 2.24) is 5.32 Å². The first kappa shape index (κ1) is 15.5. The Balaban J connectivity index is 2.22.